The van der Waals surface area contributed by atoms with Gasteiger partial charge in [0.15, 0.2) is 0 Å². The van der Waals surface area contributed by atoms with Crippen molar-refractivity contribution in [3.05, 3.63) is 53.5 Å². The van der Waals surface area contributed by atoms with Gasteiger partial charge in [0, 0.05) is 38.8 Å². The van der Waals surface area contributed by atoms with E-state index < -0.39 is 0 Å². The molecular weight excluding hydrogens is 318 g/mol. The van der Waals surface area contributed by atoms with Gasteiger partial charge in [0.2, 0.25) is 6.41 Å². The highest BCUT2D eigenvalue weighted by Crippen LogP contribution is 2.14. The molecule has 130 valence electrons. The monoisotopic (exact) mass is 339 g/mol. The van der Waals surface area contributed by atoms with Crippen LogP contribution in [0.4, 0.5) is 5.82 Å². The van der Waals surface area contributed by atoms with Crippen molar-refractivity contribution in [1.82, 2.24) is 20.2 Å². The number of anilines is 1. The largest absolute Gasteiger partial charge is 0.353 e. The summed E-state index contributed by atoms with van der Waals surface area (Å²) in [6, 6.07) is 9.64. The summed E-state index contributed by atoms with van der Waals surface area (Å²) in [5.74, 6) is 0.486. The first-order valence-corrected chi connectivity index (χ1v) is 8.26. The molecule has 3 rings (SSSR count). The fourth-order valence-corrected chi connectivity index (χ4v) is 2.78. The van der Waals surface area contributed by atoms with E-state index in [1.807, 2.05) is 31.2 Å². The predicted octanol–water partition coefficient (Wildman–Crippen LogP) is 0.993. The maximum Gasteiger partial charge on any atom is 0.270 e. The summed E-state index contributed by atoms with van der Waals surface area (Å²) in [5, 5.41) is 2.90. The van der Waals surface area contributed by atoms with E-state index in [1.165, 1.54) is 6.33 Å². The minimum atomic E-state index is -0.224. The van der Waals surface area contributed by atoms with Gasteiger partial charge in [0.25, 0.3) is 5.91 Å². The zero-order valence-electron chi connectivity index (χ0n) is 14.2. The molecule has 1 aliphatic rings. The summed E-state index contributed by atoms with van der Waals surface area (Å²) in [5.41, 5.74) is 2.56. The van der Waals surface area contributed by atoms with Gasteiger partial charge >= 0.3 is 0 Å². The zero-order chi connectivity index (χ0) is 17.6. The number of carbonyl (C=O) groups excluding carboxylic acids is 2. The van der Waals surface area contributed by atoms with E-state index in [4.69, 9.17) is 0 Å². The fourth-order valence-electron chi connectivity index (χ4n) is 2.78. The lowest BCUT2D eigenvalue weighted by atomic mass is 10.1. The number of hydrogen-bond acceptors (Lipinski definition) is 5. The van der Waals surface area contributed by atoms with Gasteiger partial charge in [-0.2, -0.15) is 0 Å². The Bertz CT molecular complexity index is 757. The van der Waals surface area contributed by atoms with Crippen LogP contribution in [0.1, 0.15) is 21.6 Å². The molecule has 1 saturated heterocycles. The average molecular weight is 339 g/mol. The number of nitrogens with one attached hydrogen (secondary N) is 1. The van der Waals surface area contributed by atoms with Crippen LogP contribution in [0.25, 0.3) is 0 Å². The fraction of sp³-hybridized carbons (Fsp3) is 0.333. The molecule has 0 unspecified atom stereocenters. The predicted molar refractivity (Wildman–Crippen MR) is 94.2 cm³/mol. The average Bonchev–Trinajstić information content (AvgIpc) is 2.67. The number of nitrogens with zero attached hydrogens (tertiary/aromatic N) is 4. The molecule has 7 nitrogen and oxygen atoms in total. The minimum absolute atomic E-state index is 0.224. The molecule has 0 atom stereocenters. The molecule has 1 aliphatic heterocycles. The highest BCUT2D eigenvalue weighted by molar-refractivity contribution is 5.92. The number of benzene rings is 1. The van der Waals surface area contributed by atoms with E-state index in [2.05, 4.69) is 20.2 Å². The summed E-state index contributed by atoms with van der Waals surface area (Å²) in [6.45, 7) is 5.18. The molecule has 2 aromatic rings. The van der Waals surface area contributed by atoms with Crippen molar-refractivity contribution < 1.29 is 9.59 Å². The molecule has 0 bridgehead atoms. The highest BCUT2D eigenvalue weighted by atomic mass is 16.2. The van der Waals surface area contributed by atoms with E-state index in [0.717, 1.165) is 17.5 Å². The first kappa shape index (κ1) is 16.9. The smallest absolute Gasteiger partial charge is 0.270 e. The Morgan fingerprint density at radius 1 is 1.20 bits per heavy atom. The molecule has 25 heavy (non-hydrogen) atoms. The van der Waals surface area contributed by atoms with Crippen LogP contribution in [0.5, 0.6) is 0 Å². The molecule has 1 aromatic heterocycles. The molecule has 2 heterocycles. The molecule has 0 spiro atoms. The summed E-state index contributed by atoms with van der Waals surface area (Å²) < 4.78 is 0. The second-order valence-electron chi connectivity index (χ2n) is 6.00. The number of aromatic nitrogens is 2. The van der Waals surface area contributed by atoms with Gasteiger partial charge in [-0.1, -0.05) is 24.3 Å². The third kappa shape index (κ3) is 4.12. The van der Waals surface area contributed by atoms with E-state index in [1.54, 1.807) is 11.0 Å². The van der Waals surface area contributed by atoms with Crippen LogP contribution in [-0.2, 0) is 11.3 Å². The van der Waals surface area contributed by atoms with Crippen LogP contribution >= 0.6 is 0 Å². The quantitative estimate of drug-likeness (QED) is 0.822. The van der Waals surface area contributed by atoms with E-state index in [-0.39, 0.29) is 5.91 Å². The SMILES string of the molecule is Cc1ccccc1CNC(=O)c1cc(N2CCN(C=O)CC2)ncn1. The van der Waals surface area contributed by atoms with Crippen molar-refractivity contribution in [2.45, 2.75) is 13.5 Å². The van der Waals surface area contributed by atoms with Crippen molar-refractivity contribution in [1.29, 1.82) is 0 Å². The van der Waals surface area contributed by atoms with E-state index in [9.17, 15) is 9.59 Å². The van der Waals surface area contributed by atoms with Crippen LogP contribution in [0, 0.1) is 6.92 Å². The standard InChI is InChI=1S/C18H21N5O2/c1-14-4-2-3-5-15(14)11-19-18(25)16-10-17(21-12-20-16)23-8-6-22(13-24)7-9-23/h2-5,10,12-13H,6-9,11H2,1H3,(H,19,25). The Morgan fingerprint density at radius 3 is 2.68 bits per heavy atom. The summed E-state index contributed by atoms with van der Waals surface area (Å²) in [6.07, 6.45) is 2.27. The van der Waals surface area contributed by atoms with Gasteiger partial charge in [-0.05, 0) is 18.1 Å². The van der Waals surface area contributed by atoms with Crippen molar-refractivity contribution >= 4 is 18.1 Å². The van der Waals surface area contributed by atoms with Gasteiger partial charge in [-0.25, -0.2) is 9.97 Å². The Morgan fingerprint density at radius 2 is 1.96 bits per heavy atom. The van der Waals surface area contributed by atoms with Crippen molar-refractivity contribution in [2.75, 3.05) is 31.1 Å². The molecule has 0 saturated carbocycles. The van der Waals surface area contributed by atoms with Gasteiger partial charge in [0.1, 0.15) is 17.8 Å². The van der Waals surface area contributed by atoms with Crippen LogP contribution < -0.4 is 10.2 Å². The summed E-state index contributed by atoms with van der Waals surface area (Å²) in [4.78, 5) is 35.3. The lowest BCUT2D eigenvalue weighted by Crippen LogP contribution is -2.46. The first-order valence-electron chi connectivity index (χ1n) is 8.26. The Kier molecular flexibility index (Phi) is 5.23. The number of rotatable bonds is 5. The second-order valence-corrected chi connectivity index (χ2v) is 6.00. The normalized spacial score (nSPS) is 14.3. The molecule has 0 aliphatic carbocycles. The third-order valence-corrected chi connectivity index (χ3v) is 4.37. The number of carbonyl (C=O) groups is 2. The van der Waals surface area contributed by atoms with Gasteiger partial charge in [0.05, 0.1) is 0 Å². The molecule has 0 radical (unpaired) electrons. The molecular formula is C18H21N5O2. The van der Waals surface area contributed by atoms with Crippen LogP contribution in [0.3, 0.4) is 0 Å². The number of amides is 2. The van der Waals surface area contributed by atoms with E-state index in [0.29, 0.717) is 44.2 Å². The van der Waals surface area contributed by atoms with Gasteiger partial charge in [-0.15, -0.1) is 0 Å². The number of hydrogen-bond donors (Lipinski definition) is 1. The molecule has 1 fully saturated rings. The Balaban J connectivity index is 1.64. The van der Waals surface area contributed by atoms with Crippen LogP contribution in [0.2, 0.25) is 0 Å². The first-order chi connectivity index (χ1) is 12.2. The lowest BCUT2D eigenvalue weighted by molar-refractivity contribution is -0.118. The van der Waals surface area contributed by atoms with Crippen molar-refractivity contribution in [3.8, 4) is 0 Å². The van der Waals surface area contributed by atoms with Crippen molar-refractivity contribution in [3.63, 3.8) is 0 Å². The van der Waals surface area contributed by atoms with E-state index >= 15 is 0 Å². The maximum atomic E-state index is 12.4. The lowest BCUT2D eigenvalue weighted by Gasteiger charge is -2.33. The molecule has 2 amide bonds. The molecule has 1 aromatic carbocycles. The zero-order valence-corrected chi connectivity index (χ0v) is 14.2. The topological polar surface area (TPSA) is 78.4 Å². The number of aryl methyl sites for hydroxylation is 1. The highest BCUT2D eigenvalue weighted by Gasteiger charge is 2.18. The maximum absolute atomic E-state index is 12.4. The molecule has 1 N–H and O–H groups in total. The molecule has 7 heteroatoms. The minimum Gasteiger partial charge on any atom is -0.353 e. The van der Waals surface area contributed by atoms with Crippen LogP contribution in [-0.4, -0.2) is 53.4 Å². The van der Waals surface area contributed by atoms with Gasteiger partial charge < -0.3 is 15.1 Å². The number of piperazine rings is 1. The van der Waals surface area contributed by atoms with Crippen molar-refractivity contribution in [2.24, 2.45) is 0 Å². The second kappa shape index (κ2) is 7.74. The van der Waals surface area contributed by atoms with Crippen LogP contribution in [0.15, 0.2) is 36.7 Å². The summed E-state index contributed by atoms with van der Waals surface area (Å²) in [7, 11) is 0. The Labute approximate surface area is 146 Å². The van der Waals surface area contributed by atoms with Gasteiger partial charge in [-0.3, -0.25) is 9.59 Å². The third-order valence-electron chi connectivity index (χ3n) is 4.37. The summed E-state index contributed by atoms with van der Waals surface area (Å²) >= 11 is 0. The Hall–Kier alpha value is -2.96.